The summed E-state index contributed by atoms with van der Waals surface area (Å²) < 4.78 is 0. The van der Waals surface area contributed by atoms with Gasteiger partial charge in [0.2, 0.25) is 11.8 Å². The number of imide groups is 1. The number of hydrogen-bond acceptors (Lipinski definition) is 5. The normalized spacial score (nSPS) is 20.6. The van der Waals surface area contributed by atoms with Crippen molar-refractivity contribution in [2.24, 2.45) is 11.8 Å². The molecule has 0 unspecified atom stereocenters. The molecule has 0 radical (unpaired) electrons. The van der Waals surface area contributed by atoms with Crippen LogP contribution in [0.3, 0.4) is 0 Å². The topological polar surface area (TPSA) is 110 Å². The minimum Gasteiger partial charge on any atom is -0.322 e. The van der Waals surface area contributed by atoms with Crippen LogP contribution in [0, 0.1) is 22.0 Å². The molecule has 1 saturated heterocycles. The lowest BCUT2D eigenvalue weighted by atomic mass is 9.82. The van der Waals surface area contributed by atoms with E-state index in [0.717, 1.165) is 5.57 Å². The third kappa shape index (κ3) is 3.47. The molecule has 3 amide bonds. The number of nitrogens with zero attached hydrogens (tertiary/aromatic N) is 2. The molecule has 0 saturated carbocycles. The summed E-state index contributed by atoms with van der Waals surface area (Å²) in [6.45, 7) is 1.96. The average molecular weight is 405 g/mol. The number of carbonyl (C=O) groups excluding carboxylic acids is 3. The van der Waals surface area contributed by atoms with Crippen LogP contribution in [0.2, 0.25) is 0 Å². The number of amides is 3. The van der Waals surface area contributed by atoms with Crippen LogP contribution in [0.25, 0.3) is 0 Å². The minimum absolute atomic E-state index is 0.125. The number of benzene rings is 2. The third-order valence-electron chi connectivity index (χ3n) is 5.53. The molecule has 4 rings (SSSR count). The number of non-ortho nitro benzene ring substituents is 1. The highest BCUT2D eigenvalue weighted by molar-refractivity contribution is 6.22. The van der Waals surface area contributed by atoms with Crippen molar-refractivity contribution in [3.05, 3.63) is 75.9 Å². The van der Waals surface area contributed by atoms with Crippen LogP contribution >= 0.6 is 0 Å². The Morgan fingerprint density at radius 2 is 1.80 bits per heavy atom. The van der Waals surface area contributed by atoms with Gasteiger partial charge in [0.1, 0.15) is 0 Å². The minimum atomic E-state index is -0.539. The SMILES string of the molecule is CC1=CC[C@H]2C(=O)N(c3ccc(C(=O)Nc4cccc([N+](=O)[O-])c4)cc3)C(=O)[C@H]2C1. The van der Waals surface area contributed by atoms with Gasteiger partial charge < -0.3 is 5.32 Å². The summed E-state index contributed by atoms with van der Waals surface area (Å²) in [5.74, 6) is -1.50. The average Bonchev–Trinajstić information content (AvgIpc) is 2.98. The second-order valence-electron chi connectivity index (χ2n) is 7.52. The first kappa shape index (κ1) is 19.5. The van der Waals surface area contributed by atoms with Crippen molar-refractivity contribution in [3.8, 4) is 0 Å². The van der Waals surface area contributed by atoms with Gasteiger partial charge in [0.05, 0.1) is 22.4 Å². The van der Waals surface area contributed by atoms with Crippen molar-refractivity contribution >= 4 is 34.8 Å². The number of nitrogens with one attached hydrogen (secondary N) is 1. The van der Waals surface area contributed by atoms with Crippen molar-refractivity contribution in [3.63, 3.8) is 0 Å². The summed E-state index contributed by atoms with van der Waals surface area (Å²) in [6, 6.07) is 11.8. The second kappa shape index (κ2) is 7.55. The molecule has 1 N–H and O–H groups in total. The Morgan fingerprint density at radius 3 is 2.50 bits per heavy atom. The van der Waals surface area contributed by atoms with Gasteiger partial charge in [0, 0.05) is 23.4 Å². The molecule has 1 heterocycles. The van der Waals surface area contributed by atoms with Gasteiger partial charge in [-0.25, -0.2) is 0 Å². The van der Waals surface area contributed by atoms with Crippen LogP contribution in [-0.4, -0.2) is 22.6 Å². The molecule has 8 nitrogen and oxygen atoms in total. The number of allylic oxidation sites excluding steroid dienone is 2. The Labute approximate surface area is 172 Å². The van der Waals surface area contributed by atoms with Gasteiger partial charge >= 0.3 is 0 Å². The molecule has 0 spiro atoms. The molecule has 2 aromatic rings. The molecular formula is C22H19N3O5. The maximum atomic E-state index is 12.8. The number of nitro benzene ring substituents is 1. The highest BCUT2D eigenvalue weighted by Crippen LogP contribution is 2.39. The molecule has 2 aromatic carbocycles. The van der Waals surface area contributed by atoms with Crippen LogP contribution in [-0.2, 0) is 9.59 Å². The highest BCUT2D eigenvalue weighted by atomic mass is 16.6. The molecule has 2 atom stereocenters. The molecular weight excluding hydrogens is 386 g/mol. The Hall–Kier alpha value is -3.81. The predicted molar refractivity (Wildman–Crippen MR) is 110 cm³/mol. The van der Waals surface area contributed by atoms with Crippen molar-refractivity contribution in [2.75, 3.05) is 10.2 Å². The highest BCUT2D eigenvalue weighted by Gasteiger charge is 2.48. The molecule has 152 valence electrons. The number of rotatable bonds is 4. The van der Waals surface area contributed by atoms with E-state index < -0.39 is 10.8 Å². The van der Waals surface area contributed by atoms with E-state index in [1.54, 1.807) is 18.2 Å². The van der Waals surface area contributed by atoms with E-state index in [9.17, 15) is 24.5 Å². The molecule has 2 aliphatic rings. The van der Waals surface area contributed by atoms with Gasteiger partial charge in [0.15, 0.2) is 0 Å². The Balaban J connectivity index is 1.50. The zero-order valence-corrected chi connectivity index (χ0v) is 16.2. The lowest BCUT2D eigenvalue weighted by Crippen LogP contribution is -2.30. The monoisotopic (exact) mass is 405 g/mol. The Morgan fingerprint density at radius 1 is 1.10 bits per heavy atom. The van der Waals surface area contributed by atoms with Crippen LogP contribution < -0.4 is 10.2 Å². The van der Waals surface area contributed by atoms with Crippen LogP contribution in [0.15, 0.2) is 60.2 Å². The first-order chi connectivity index (χ1) is 14.3. The lowest BCUT2D eigenvalue weighted by Gasteiger charge is -2.18. The summed E-state index contributed by atoms with van der Waals surface area (Å²) in [6.07, 6.45) is 3.17. The number of hydrogen-bond donors (Lipinski definition) is 1. The van der Waals surface area contributed by atoms with Crippen molar-refractivity contribution in [1.82, 2.24) is 0 Å². The Bertz CT molecular complexity index is 1090. The largest absolute Gasteiger partial charge is 0.322 e. The zero-order valence-electron chi connectivity index (χ0n) is 16.2. The Kier molecular flexibility index (Phi) is 4.91. The summed E-state index contributed by atoms with van der Waals surface area (Å²) in [5.41, 5.74) is 2.03. The van der Waals surface area contributed by atoms with E-state index in [4.69, 9.17) is 0 Å². The van der Waals surface area contributed by atoms with Crippen molar-refractivity contribution in [1.29, 1.82) is 0 Å². The molecule has 0 bridgehead atoms. The smallest absolute Gasteiger partial charge is 0.271 e. The maximum absolute atomic E-state index is 12.8. The van der Waals surface area contributed by atoms with E-state index in [0.29, 0.717) is 29.8 Å². The molecule has 1 aliphatic heterocycles. The summed E-state index contributed by atoms with van der Waals surface area (Å²) in [5, 5.41) is 13.5. The fraction of sp³-hybridized carbons (Fsp3) is 0.227. The first-order valence-electron chi connectivity index (χ1n) is 9.54. The lowest BCUT2D eigenvalue weighted by molar-refractivity contribution is -0.384. The molecule has 1 aliphatic carbocycles. The standard InChI is InChI=1S/C22H19N3O5/c1-13-5-10-18-19(11-13)22(28)24(21(18)27)16-8-6-14(7-9-16)20(26)23-15-3-2-4-17(12-15)25(29)30/h2-9,12,18-19H,10-11H2,1H3,(H,23,26)/t18-,19+/m1/s1. The fourth-order valence-electron chi connectivity index (χ4n) is 3.95. The molecule has 8 heteroatoms. The van der Waals surface area contributed by atoms with E-state index in [-0.39, 0.29) is 29.3 Å². The molecule has 0 aromatic heterocycles. The number of anilines is 2. The van der Waals surface area contributed by atoms with Gasteiger partial charge in [-0.05, 0) is 50.1 Å². The summed E-state index contributed by atoms with van der Waals surface area (Å²) in [7, 11) is 0. The van der Waals surface area contributed by atoms with Gasteiger partial charge in [-0.1, -0.05) is 17.7 Å². The van der Waals surface area contributed by atoms with Crippen LogP contribution in [0.4, 0.5) is 17.1 Å². The number of fused-ring (bicyclic) bond motifs is 1. The van der Waals surface area contributed by atoms with Crippen LogP contribution in [0.5, 0.6) is 0 Å². The quantitative estimate of drug-likeness (QED) is 0.361. The summed E-state index contributed by atoms with van der Waals surface area (Å²) in [4.78, 5) is 49.5. The zero-order chi connectivity index (χ0) is 21.4. The molecule has 30 heavy (non-hydrogen) atoms. The number of nitro groups is 1. The van der Waals surface area contributed by atoms with E-state index >= 15 is 0 Å². The molecule has 1 fully saturated rings. The maximum Gasteiger partial charge on any atom is 0.271 e. The van der Waals surface area contributed by atoms with Gasteiger partial charge in [-0.15, -0.1) is 0 Å². The van der Waals surface area contributed by atoms with Crippen molar-refractivity contribution in [2.45, 2.75) is 19.8 Å². The van der Waals surface area contributed by atoms with E-state index in [1.165, 1.54) is 35.2 Å². The third-order valence-corrected chi connectivity index (χ3v) is 5.53. The van der Waals surface area contributed by atoms with E-state index in [2.05, 4.69) is 5.32 Å². The fourth-order valence-corrected chi connectivity index (χ4v) is 3.95. The van der Waals surface area contributed by atoms with Gasteiger partial charge in [-0.2, -0.15) is 0 Å². The number of carbonyl (C=O) groups is 3. The van der Waals surface area contributed by atoms with Crippen molar-refractivity contribution < 1.29 is 19.3 Å². The van der Waals surface area contributed by atoms with Gasteiger partial charge in [-0.3, -0.25) is 29.4 Å². The van der Waals surface area contributed by atoms with E-state index in [1.807, 2.05) is 13.0 Å². The van der Waals surface area contributed by atoms with Gasteiger partial charge in [0.25, 0.3) is 11.6 Å². The predicted octanol–water partition coefficient (Wildman–Crippen LogP) is 3.69. The second-order valence-corrected chi connectivity index (χ2v) is 7.52. The van der Waals surface area contributed by atoms with Crippen LogP contribution in [0.1, 0.15) is 30.1 Å². The first-order valence-corrected chi connectivity index (χ1v) is 9.54. The summed E-state index contributed by atoms with van der Waals surface area (Å²) >= 11 is 0.